The molecule has 0 aromatic heterocycles. The van der Waals surface area contributed by atoms with Crippen molar-refractivity contribution in [1.29, 1.82) is 0 Å². The Morgan fingerprint density at radius 3 is 2.71 bits per heavy atom. The molecule has 1 amide bonds. The van der Waals surface area contributed by atoms with E-state index in [9.17, 15) is 4.79 Å². The number of nitrogens with zero attached hydrogens (tertiary/aromatic N) is 1. The van der Waals surface area contributed by atoms with E-state index in [4.69, 9.17) is 4.74 Å². The summed E-state index contributed by atoms with van der Waals surface area (Å²) in [6.45, 7) is 7.78. The van der Waals surface area contributed by atoms with Crippen LogP contribution in [0.3, 0.4) is 0 Å². The van der Waals surface area contributed by atoms with E-state index in [-0.39, 0.29) is 11.9 Å². The zero-order valence-corrected chi connectivity index (χ0v) is 13.9. The summed E-state index contributed by atoms with van der Waals surface area (Å²) in [6, 6.07) is 6.54. The van der Waals surface area contributed by atoms with Gasteiger partial charge in [-0.15, -0.1) is 0 Å². The van der Waals surface area contributed by atoms with Gasteiger partial charge in [-0.3, -0.25) is 4.79 Å². The van der Waals surface area contributed by atoms with Gasteiger partial charge in [-0.1, -0.05) is 19.1 Å². The van der Waals surface area contributed by atoms with Crippen LogP contribution in [0.2, 0.25) is 0 Å². The Morgan fingerprint density at radius 1 is 1.38 bits per heavy atom. The minimum absolute atomic E-state index is 0.143. The standard InChI is InChI=1S/C17H28N2O2/c1-6-18-14(3)15-10-9-13(2)12-16(15)21-11-7-8-17(20)19(4)5/h9-10,12,14,18H,6-8,11H2,1-5H3. The molecule has 1 aromatic rings. The third-order valence-corrected chi connectivity index (χ3v) is 3.44. The third kappa shape index (κ3) is 5.76. The minimum Gasteiger partial charge on any atom is -0.493 e. The van der Waals surface area contributed by atoms with Gasteiger partial charge >= 0.3 is 0 Å². The number of benzene rings is 1. The van der Waals surface area contributed by atoms with Gasteiger partial charge in [0, 0.05) is 32.1 Å². The molecule has 4 heteroatoms. The van der Waals surface area contributed by atoms with Crippen LogP contribution in [0.25, 0.3) is 0 Å². The summed E-state index contributed by atoms with van der Waals surface area (Å²) in [7, 11) is 3.56. The van der Waals surface area contributed by atoms with Crippen LogP contribution in [0, 0.1) is 6.92 Å². The highest BCUT2D eigenvalue weighted by atomic mass is 16.5. The first-order valence-corrected chi connectivity index (χ1v) is 7.62. The minimum atomic E-state index is 0.143. The van der Waals surface area contributed by atoms with Gasteiger partial charge in [0.1, 0.15) is 5.75 Å². The molecule has 0 heterocycles. The molecule has 0 spiro atoms. The molecule has 0 saturated carbocycles. The lowest BCUT2D eigenvalue weighted by atomic mass is 10.0. The van der Waals surface area contributed by atoms with Gasteiger partial charge < -0.3 is 15.0 Å². The van der Waals surface area contributed by atoms with Gasteiger partial charge in [0.25, 0.3) is 0 Å². The number of hydrogen-bond donors (Lipinski definition) is 1. The Labute approximate surface area is 128 Å². The van der Waals surface area contributed by atoms with Crippen LogP contribution < -0.4 is 10.1 Å². The van der Waals surface area contributed by atoms with Gasteiger partial charge in [-0.05, 0) is 38.4 Å². The predicted molar refractivity (Wildman–Crippen MR) is 86.7 cm³/mol. The quantitative estimate of drug-likeness (QED) is 0.749. The molecule has 1 rings (SSSR count). The van der Waals surface area contributed by atoms with Crippen molar-refractivity contribution in [3.8, 4) is 5.75 Å². The second-order valence-electron chi connectivity index (χ2n) is 5.56. The van der Waals surface area contributed by atoms with Crippen molar-refractivity contribution in [2.75, 3.05) is 27.2 Å². The van der Waals surface area contributed by atoms with Crippen molar-refractivity contribution in [3.05, 3.63) is 29.3 Å². The molecule has 118 valence electrons. The van der Waals surface area contributed by atoms with E-state index in [1.54, 1.807) is 19.0 Å². The summed E-state index contributed by atoms with van der Waals surface area (Å²) < 4.78 is 5.90. The highest BCUT2D eigenvalue weighted by molar-refractivity contribution is 5.75. The average molecular weight is 292 g/mol. The lowest BCUT2D eigenvalue weighted by Crippen LogP contribution is -2.22. The van der Waals surface area contributed by atoms with E-state index in [1.807, 2.05) is 0 Å². The van der Waals surface area contributed by atoms with Crippen molar-refractivity contribution < 1.29 is 9.53 Å². The van der Waals surface area contributed by atoms with Crippen LogP contribution in [0.15, 0.2) is 18.2 Å². The number of amides is 1. The van der Waals surface area contributed by atoms with Gasteiger partial charge in [0.2, 0.25) is 5.91 Å². The number of ether oxygens (including phenoxy) is 1. The maximum atomic E-state index is 11.5. The molecule has 0 saturated heterocycles. The Bertz CT molecular complexity index is 458. The van der Waals surface area contributed by atoms with Crippen LogP contribution >= 0.6 is 0 Å². The van der Waals surface area contributed by atoms with Gasteiger partial charge in [-0.25, -0.2) is 0 Å². The first-order valence-electron chi connectivity index (χ1n) is 7.62. The normalized spacial score (nSPS) is 12.0. The molecular formula is C17H28N2O2. The molecule has 0 aliphatic rings. The van der Waals surface area contributed by atoms with Crippen molar-refractivity contribution >= 4 is 5.91 Å². The maximum absolute atomic E-state index is 11.5. The molecule has 0 aliphatic carbocycles. The fraction of sp³-hybridized carbons (Fsp3) is 0.588. The molecule has 21 heavy (non-hydrogen) atoms. The second kappa shape index (κ2) is 8.67. The summed E-state index contributed by atoms with van der Waals surface area (Å²) >= 11 is 0. The van der Waals surface area contributed by atoms with E-state index in [0.717, 1.165) is 18.7 Å². The molecule has 1 N–H and O–H groups in total. The SMILES string of the molecule is CCNC(C)c1ccc(C)cc1OCCCC(=O)N(C)C. The Balaban J connectivity index is 2.60. The fourth-order valence-electron chi connectivity index (χ4n) is 2.17. The molecule has 0 fully saturated rings. The molecule has 1 aromatic carbocycles. The first kappa shape index (κ1) is 17.5. The van der Waals surface area contributed by atoms with E-state index in [1.165, 1.54) is 11.1 Å². The predicted octanol–water partition coefficient (Wildman–Crippen LogP) is 2.91. The Kier molecular flexibility index (Phi) is 7.23. The lowest BCUT2D eigenvalue weighted by Gasteiger charge is -2.18. The number of rotatable bonds is 8. The summed E-state index contributed by atoms with van der Waals surface area (Å²) in [6.07, 6.45) is 1.26. The molecule has 4 nitrogen and oxygen atoms in total. The zero-order chi connectivity index (χ0) is 15.8. The van der Waals surface area contributed by atoms with Crippen molar-refractivity contribution in [3.63, 3.8) is 0 Å². The first-order chi connectivity index (χ1) is 9.95. The van der Waals surface area contributed by atoms with Crippen LogP contribution in [-0.4, -0.2) is 38.1 Å². The summed E-state index contributed by atoms with van der Waals surface area (Å²) in [5.74, 6) is 1.06. The summed E-state index contributed by atoms with van der Waals surface area (Å²) in [5, 5.41) is 3.40. The molecule has 1 unspecified atom stereocenters. The highest BCUT2D eigenvalue weighted by Gasteiger charge is 2.11. The van der Waals surface area contributed by atoms with E-state index < -0.39 is 0 Å². The number of carbonyl (C=O) groups is 1. The molecule has 0 bridgehead atoms. The molecule has 0 radical (unpaired) electrons. The number of carbonyl (C=O) groups excluding carboxylic acids is 1. The van der Waals surface area contributed by atoms with E-state index in [0.29, 0.717) is 13.0 Å². The number of aryl methyl sites for hydroxylation is 1. The van der Waals surface area contributed by atoms with Crippen LogP contribution in [0.5, 0.6) is 5.75 Å². The van der Waals surface area contributed by atoms with Crippen molar-refractivity contribution in [1.82, 2.24) is 10.2 Å². The maximum Gasteiger partial charge on any atom is 0.222 e. The molecule has 1 atom stereocenters. The van der Waals surface area contributed by atoms with Crippen molar-refractivity contribution in [2.45, 2.75) is 39.7 Å². The average Bonchev–Trinajstić information content (AvgIpc) is 2.43. The van der Waals surface area contributed by atoms with E-state index in [2.05, 4.69) is 44.3 Å². The summed E-state index contributed by atoms with van der Waals surface area (Å²) in [4.78, 5) is 13.1. The number of hydrogen-bond acceptors (Lipinski definition) is 3. The van der Waals surface area contributed by atoms with Gasteiger partial charge in [-0.2, -0.15) is 0 Å². The van der Waals surface area contributed by atoms with Gasteiger partial charge in [0.15, 0.2) is 0 Å². The second-order valence-corrected chi connectivity index (χ2v) is 5.56. The van der Waals surface area contributed by atoms with Gasteiger partial charge in [0.05, 0.1) is 6.61 Å². The van der Waals surface area contributed by atoms with Crippen molar-refractivity contribution in [2.24, 2.45) is 0 Å². The fourth-order valence-corrected chi connectivity index (χ4v) is 2.17. The topological polar surface area (TPSA) is 41.6 Å². The van der Waals surface area contributed by atoms with Crippen LogP contribution in [0.4, 0.5) is 0 Å². The van der Waals surface area contributed by atoms with Crippen LogP contribution in [0.1, 0.15) is 43.9 Å². The smallest absolute Gasteiger partial charge is 0.222 e. The molecule has 0 aliphatic heterocycles. The monoisotopic (exact) mass is 292 g/mol. The highest BCUT2D eigenvalue weighted by Crippen LogP contribution is 2.26. The zero-order valence-electron chi connectivity index (χ0n) is 13.9. The number of nitrogens with one attached hydrogen (secondary N) is 1. The van der Waals surface area contributed by atoms with Crippen LogP contribution in [-0.2, 0) is 4.79 Å². The van der Waals surface area contributed by atoms with E-state index >= 15 is 0 Å². The third-order valence-electron chi connectivity index (χ3n) is 3.44. The lowest BCUT2D eigenvalue weighted by molar-refractivity contribution is -0.128. The Hall–Kier alpha value is -1.55. The largest absolute Gasteiger partial charge is 0.493 e. The summed E-state index contributed by atoms with van der Waals surface area (Å²) in [5.41, 5.74) is 2.35. The molecular weight excluding hydrogens is 264 g/mol. The Morgan fingerprint density at radius 2 is 2.10 bits per heavy atom.